The number of amides is 1. The van der Waals surface area contributed by atoms with Crippen molar-refractivity contribution in [3.63, 3.8) is 0 Å². The molecule has 118 valence electrons. The summed E-state index contributed by atoms with van der Waals surface area (Å²) < 4.78 is 10.5. The number of hydrogen-bond acceptors (Lipinski definition) is 4. The molecule has 0 fully saturated rings. The number of rotatable bonds is 7. The number of ether oxygens (including phenoxy) is 2. The minimum absolute atomic E-state index is 0.0263. The number of aryl methyl sites for hydroxylation is 2. The standard InChI is InChI=1S/C16H26N2O3/c1-11-6-13(7-12(2)16(11)21-5)10-18(3)15(19)8-14(9-17)20-4/h6-7,14H,8-10,17H2,1-5H3. The summed E-state index contributed by atoms with van der Waals surface area (Å²) in [5.41, 5.74) is 8.78. The highest BCUT2D eigenvalue weighted by Crippen LogP contribution is 2.24. The van der Waals surface area contributed by atoms with Gasteiger partial charge in [-0.1, -0.05) is 12.1 Å². The molecule has 0 heterocycles. The fourth-order valence-electron chi connectivity index (χ4n) is 2.43. The Labute approximate surface area is 127 Å². The molecule has 1 aromatic rings. The molecule has 0 aliphatic rings. The maximum atomic E-state index is 12.1. The van der Waals surface area contributed by atoms with E-state index >= 15 is 0 Å². The number of nitrogens with two attached hydrogens (primary N) is 1. The summed E-state index contributed by atoms with van der Waals surface area (Å²) in [6.07, 6.45) is 0.0803. The van der Waals surface area contributed by atoms with Gasteiger partial charge in [0.1, 0.15) is 5.75 Å². The number of nitrogens with zero attached hydrogens (tertiary/aromatic N) is 1. The van der Waals surface area contributed by atoms with Gasteiger partial charge in [0, 0.05) is 27.2 Å². The van der Waals surface area contributed by atoms with Crippen molar-refractivity contribution in [3.05, 3.63) is 28.8 Å². The van der Waals surface area contributed by atoms with Crippen LogP contribution in [0.15, 0.2) is 12.1 Å². The van der Waals surface area contributed by atoms with Gasteiger partial charge in [0.05, 0.1) is 19.6 Å². The molecular weight excluding hydrogens is 268 g/mol. The van der Waals surface area contributed by atoms with Gasteiger partial charge in [-0.25, -0.2) is 0 Å². The van der Waals surface area contributed by atoms with Crippen LogP contribution < -0.4 is 10.5 Å². The van der Waals surface area contributed by atoms with Crippen LogP contribution in [-0.2, 0) is 16.1 Å². The van der Waals surface area contributed by atoms with Crippen molar-refractivity contribution < 1.29 is 14.3 Å². The first-order chi connectivity index (χ1) is 9.92. The maximum absolute atomic E-state index is 12.1. The molecule has 0 aliphatic carbocycles. The molecule has 1 amide bonds. The molecule has 0 aromatic heterocycles. The van der Waals surface area contributed by atoms with E-state index in [1.807, 2.05) is 26.0 Å². The van der Waals surface area contributed by atoms with Gasteiger partial charge in [-0.05, 0) is 30.5 Å². The van der Waals surface area contributed by atoms with Crippen molar-refractivity contribution in [2.75, 3.05) is 27.8 Å². The van der Waals surface area contributed by atoms with E-state index in [0.717, 1.165) is 22.4 Å². The highest BCUT2D eigenvalue weighted by molar-refractivity contribution is 5.76. The smallest absolute Gasteiger partial charge is 0.225 e. The van der Waals surface area contributed by atoms with Gasteiger partial charge >= 0.3 is 0 Å². The van der Waals surface area contributed by atoms with Gasteiger partial charge in [-0.15, -0.1) is 0 Å². The van der Waals surface area contributed by atoms with Crippen molar-refractivity contribution in [1.82, 2.24) is 4.90 Å². The largest absolute Gasteiger partial charge is 0.496 e. The zero-order valence-electron chi connectivity index (χ0n) is 13.6. The Kier molecular flexibility index (Phi) is 6.65. The molecular formula is C16H26N2O3. The minimum atomic E-state index is -0.223. The average Bonchev–Trinajstić information content (AvgIpc) is 2.44. The minimum Gasteiger partial charge on any atom is -0.496 e. The molecule has 1 unspecified atom stereocenters. The highest BCUT2D eigenvalue weighted by Gasteiger charge is 2.16. The van der Waals surface area contributed by atoms with Gasteiger partial charge in [0.2, 0.25) is 5.91 Å². The summed E-state index contributed by atoms with van der Waals surface area (Å²) in [4.78, 5) is 13.8. The SMILES string of the molecule is COc1c(C)cc(CN(C)C(=O)CC(CN)OC)cc1C. The van der Waals surface area contributed by atoms with E-state index in [1.54, 1.807) is 26.2 Å². The van der Waals surface area contributed by atoms with Gasteiger partial charge in [-0.3, -0.25) is 4.79 Å². The summed E-state index contributed by atoms with van der Waals surface area (Å²) in [5.74, 6) is 0.925. The Hall–Kier alpha value is -1.59. The molecule has 5 heteroatoms. The summed E-state index contributed by atoms with van der Waals surface area (Å²) in [7, 11) is 5.03. The predicted octanol–water partition coefficient (Wildman–Crippen LogP) is 1.63. The second kappa shape index (κ2) is 8.00. The number of hydrogen-bond donors (Lipinski definition) is 1. The van der Waals surface area contributed by atoms with Crippen LogP contribution in [0.4, 0.5) is 0 Å². The summed E-state index contributed by atoms with van der Waals surface area (Å²) in [6, 6.07) is 4.10. The first kappa shape index (κ1) is 17.5. The topological polar surface area (TPSA) is 64.8 Å². The zero-order valence-corrected chi connectivity index (χ0v) is 13.6. The third-order valence-corrected chi connectivity index (χ3v) is 3.57. The maximum Gasteiger partial charge on any atom is 0.225 e. The lowest BCUT2D eigenvalue weighted by molar-refractivity contribution is -0.132. The number of benzene rings is 1. The molecule has 0 spiro atoms. The Morgan fingerprint density at radius 2 is 1.86 bits per heavy atom. The second-order valence-electron chi connectivity index (χ2n) is 5.31. The molecule has 1 aromatic carbocycles. The van der Waals surface area contributed by atoms with Crippen molar-refractivity contribution in [2.24, 2.45) is 5.73 Å². The number of carbonyl (C=O) groups is 1. The van der Waals surface area contributed by atoms with E-state index in [4.69, 9.17) is 15.2 Å². The van der Waals surface area contributed by atoms with E-state index in [1.165, 1.54) is 0 Å². The van der Waals surface area contributed by atoms with Crippen LogP contribution in [0, 0.1) is 13.8 Å². The van der Waals surface area contributed by atoms with Crippen molar-refractivity contribution >= 4 is 5.91 Å². The lowest BCUT2D eigenvalue weighted by Crippen LogP contribution is -2.33. The van der Waals surface area contributed by atoms with Gasteiger partial charge < -0.3 is 20.1 Å². The molecule has 1 rings (SSSR count). The molecule has 0 bridgehead atoms. The Morgan fingerprint density at radius 3 is 2.29 bits per heavy atom. The fraction of sp³-hybridized carbons (Fsp3) is 0.562. The zero-order chi connectivity index (χ0) is 16.0. The van der Waals surface area contributed by atoms with Crippen molar-refractivity contribution in [3.8, 4) is 5.75 Å². The van der Waals surface area contributed by atoms with E-state index in [0.29, 0.717) is 19.5 Å². The van der Waals surface area contributed by atoms with Crippen LogP contribution in [0.2, 0.25) is 0 Å². The molecule has 0 aliphatic heterocycles. The van der Waals surface area contributed by atoms with Crippen LogP contribution in [-0.4, -0.2) is 44.7 Å². The lowest BCUT2D eigenvalue weighted by Gasteiger charge is -2.21. The third-order valence-electron chi connectivity index (χ3n) is 3.57. The first-order valence-electron chi connectivity index (χ1n) is 7.03. The molecule has 0 saturated carbocycles. The van der Waals surface area contributed by atoms with Crippen LogP contribution in [0.25, 0.3) is 0 Å². The van der Waals surface area contributed by atoms with E-state index in [-0.39, 0.29) is 12.0 Å². The normalized spacial score (nSPS) is 12.1. The monoisotopic (exact) mass is 294 g/mol. The Bertz CT molecular complexity index is 461. The highest BCUT2D eigenvalue weighted by atomic mass is 16.5. The quantitative estimate of drug-likeness (QED) is 0.830. The average molecular weight is 294 g/mol. The van der Waals surface area contributed by atoms with Crippen LogP contribution in [0.3, 0.4) is 0 Å². The van der Waals surface area contributed by atoms with E-state index < -0.39 is 0 Å². The van der Waals surface area contributed by atoms with Gasteiger partial charge in [0.15, 0.2) is 0 Å². The second-order valence-corrected chi connectivity index (χ2v) is 5.31. The summed E-state index contributed by atoms with van der Waals surface area (Å²) in [6.45, 7) is 4.92. The van der Waals surface area contributed by atoms with E-state index in [9.17, 15) is 4.79 Å². The Morgan fingerprint density at radius 1 is 1.29 bits per heavy atom. The van der Waals surface area contributed by atoms with Crippen molar-refractivity contribution in [1.29, 1.82) is 0 Å². The Balaban J connectivity index is 2.74. The predicted molar refractivity (Wildman–Crippen MR) is 83.4 cm³/mol. The summed E-state index contributed by atoms with van der Waals surface area (Å²) in [5, 5.41) is 0. The van der Waals surface area contributed by atoms with Gasteiger partial charge in [-0.2, -0.15) is 0 Å². The fourth-order valence-corrected chi connectivity index (χ4v) is 2.43. The molecule has 21 heavy (non-hydrogen) atoms. The third kappa shape index (κ3) is 4.72. The van der Waals surface area contributed by atoms with Crippen molar-refractivity contribution in [2.45, 2.75) is 32.9 Å². The number of carbonyl (C=O) groups excluding carboxylic acids is 1. The molecule has 2 N–H and O–H groups in total. The molecule has 1 atom stereocenters. The lowest BCUT2D eigenvalue weighted by atomic mass is 10.1. The first-order valence-corrected chi connectivity index (χ1v) is 7.03. The summed E-state index contributed by atoms with van der Waals surface area (Å²) >= 11 is 0. The molecule has 0 radical (unpaired) electrons. The van der Waals surface area contributed by atoms with Crippen LogP contribution in [0.1, 0.15) is 23.1 Å². The van der Waals surface area contributed by atoms with Crippen LogP contribution >= 0.6 is 0 Å². The van der Waals surface area contributed by atoms with Crippen LogP contribution in [0.5, 0.6) is 5.75 Å². The molecule has 5 nitrogen and oxygen atoms in total. The molecule has 0 saturated heterocycles. The van der Waals surface area contributed by atoms with Gasteiger partial charge in [0.25, 0.3) is 0 Å². The number of methoxy groups -OCH3 is 2. The van der Waals surface area contributed by atoms with E-state index in [2.05, 4.69) is 0 Å².